The highest BCUT2D eigenvalue weighted by atomic mass is 33.1. The number of ketones is 1. The first-order chi connectivity index (χ1) is 46.9. The Balaban J connectivity index is 0.00000128. The van der Waals surface area contributed by atoms with Gasteiger partial charge in [0.15, 0.2) is 11.7 Å². The van der Waals surface area contributed by atoms with E-state index in [1.807, 2.05) is 6.92 Å². The number of aliphatic imine (C=N–C) groups is 1. The fourth-order valence-electron chi connectivity index (χ4n) is 8.80. The first-order valence-corrected chi connectivity index (χ1v) is 35.2. The van der Waals surface area contributed by atoms with Crippen molar-refractivity contribution < 1.29 is 96.0 Å². The second kappa shape index (κ2) is 48.3. The molecule has 0 saturated carbocycles. The lowest BCUT2D eigenvalue weighted by molar-refractivity contribution is -0.141. The molecule has 3 aliphatic rings. The van der Waals surface area contributed by atoms with Gasteiger partial charge < -0.3 is 94.0 Å². The molecule has 0 aromatic heterocycles. The van der Waals surface area contributed by atoms with Crippen LogP contribution in [0.4, 0.5) is 0 Å². The summed E-state index contributed by atoms with van der Waals surface area (Å²) in [6.45, 7) is 7.22. The number of fused-ring (bicyclic) bond motifs is 5. The van der Waals surface area contributed by atoms with Crippen LogP contribution in [0.3, 0.4) is 0 Å². The minimum absolute atomic E-state index is 0.0114. The maximum Gasteiger partial charge on any atom is 0.305 e. The molecule has 13 amide bonds. The SMILES string of the molecule is CCOCCNC(=O)[C@@H]1CSCC(=O)N[C@@H](CCCCNC(=O)CCN2C(=O)C=CC2=O)C(=O)N[C@H]2CSSC[C@H](NC(=O)[C@H](CC(=O)O)NC(=O)CNC(=O)[C@H](CCCN=C(N)N)NC2=O)C(=O)N[C@@H](Cc2ccccc2)C(=O)N1.CCOCCOCCNC(=O)COCC(C)=O. The molecule has 1 aromatic rings. The number of aliphatic carboxylic acids is 1. The second-order valence-electron chi connectivity index (χ2n) is 21.7. The van der Waals surface area contributed by atoms with E-state index >= 15 is 0 Å². The number of carbonyl (C=O) groups is 15. The van der Waals surface area contributed by atoms with Crippen molar-refractivity contribution in [2.24, 2.45) is 16.5 Å². The average Bonchev–Trinajstić information content (AvgIpc) is 1.03. The number of carboxylic acid groups (broad SMARTS) is 1. The predicted octanol–water partition coefficient (Wildman–Crippen LogP) is -5.08. The van der Waals surface area contributed by atoms with Gasteiger partial charge in [0, 0.05) is 88.2 Å². The highest BCUT2D eigenvalue weighted by molar-refractivity contribution is 8.76. The lowest BCUT2D eigenvalue weighted by Gasteiger charge is -2.27. The van der Waals surface area contributed by atoms with Gasteiger partial charge in [0.25, 0.3) is 11.8 Å². The fourth-order valence-corrected chi connectivity index (χ4v) is 12.0. The lowest BCUT2D eigenvalue weighted by atomic mass is 10.0. The Labute approximate surface area is 578 Å². The highest BCUT2D eigenvalue weighted by Gasteiger charge is 2.35. The quantitative estimate of drug-likeness (QED) is 0.0106. The average molecular weight is 1440 g/mol. The molecule has 16 N–H and O–H groups in total. The summed E-state index contributed by atoms with van der Waals surface area (Å²) in [7, 11) is 1.84. The number of rotatable bonds is 32. The smallest absolute Gasteiger partial charge is 0.305 e. The molecule has 544 valence electrons. The van der Waals surface area contributed by atoms with Crippen LogP contribution in [-0.4, -0.2) is 262 Å². The molecule has 0 radical (unpaired) electrons. The number of nitrogens with zero attached hydrogens (tertiary/aromatic N) is 2. The van der Waals surface area contributed by atoms with Gasteiger partial charge >= 0.3 is 5.97 Å². The van der Waals surface area contributed by atoms with Crippen molar-refractivity contribution >= 4 is 128 Å². The van der Waals surface area contributed by atoms with Crippen molar-refractivity contribution in [3.05, 3.63) is 48.0 Å². The van der Waals surface area contributed by atoms with Crippen LogP contribution in [0.15, 0.2) is 47.5 Å². The summed E-state index contributed by atoms with van der Waals surface area (Å²) in [6.07, 6.45) is 1.33. The van der Waals surface area contributed by atoms with E-state index in [1.54, 1.807) is 37.3 Å². The first-order valence-electron chi connectivity index (χ1n) is 31.6. The fraction of sp³-hybridized carbons (Fsp3) is 0.600. The number of thioether (sulfide) groups is 1. The molecule has 3 heterocycles. The molecule has 1 aromatic carbocycles. The number of nitrogens with one attached hydrogen (secondary N) is 11. The third-order valence-electron chi connectivity index (χ3n) is 13.7. The number of imide groups is 1. The van der Waals surface area contributed by atoms with Gasteiger partial charge in [-0.3, -0.25) is 81.8 Å². The number of carbonyl (C=O) groups excluding carboxylic acids is 14. The lowest BCUT2D eigenvalue weighted by Crippen LogP contribution is -2.60. The van der Waals surface area contributed by atoms with Gasteiger partial charge in [0.1, 0.15) is 55.5 Å². The highest BCUT2D eigenvalue weighted by Crippen LogP contribution is 2.24. The van der Waals surface area contributed by atoms with E-state index < -0.39 is 132 Å². The number of Topliss-reactive ketones (excluding diaryl/α,β-unsaturated/α-hetero) is 1. The van der Waals surface area contributed by atoms with Crippen molar-refractivity contribution in [1.82, 2.24) is 63.4 Å². The molecule has 2 fully saturated rings. The topological polar surface area (TPSA) is 513 Å². The third-order valence-corrected chi connectivity index (χ3v) is 17.2. The summed E-state index contributed by atoms with van der Waals surface area (Å²) in [6, 6.07) is -1.90. The van der Waals surface area contributed by atoms with Crippen molar-refractivity contribution in [3.63, 3.8) is 0 Å². The predicted molar refractivity (Wildman–Crippen MR) is 360 cm³/mol. The van der Waals surface area contributed by atoms with Gasteiger partial charge in [-0.05, 0) is 58.4 Å². The van der Waals surface area contributed by atoms with Crippen LogP contribution < -0.4 is 70.0 Å². The molecule has 98 heavy (non-hydrogen) atoms. The van der Waals surface area contributed by atoms with E-state index in [4.69, 9.17) is 30.4 Å². The van der Waals surface area contributed by atoms with Crippen molar-refractivity contribution in [3.8, 4) is 0 Å². The summed E-state index contributed by atoms with van der Waals surface area (Å²) >= 11 is 0.915. The van der Waals surface area contributed by atoms with Crippen LogP contribution in [0.1, 0.15) is 71.3 Å². The summed E-state index contributed by atoms with van der Waals surface area (Å²) in [5, 5.41) is 38.1. The van der Waals surface area contributed by atoms with E-state index in [0.29, 0.717) is 45.1 Å². The van der Waals surface area contributed by atoms with Gasteiger partial charge in [0.05, 0.1) is 45.1 Å². The normalized spacial score (nSPS) is 20.9. The Bertz CT molecular complexity index is 2900. The Morgan fingerprint density at radius 3 is 1.82 bits per heavy atom. The molecule has 2 bridgehead atoms. The molecule has 38 heteroatoms. The maximum absolute atomic E-state index is 14.5. The molecule has 0 spiro atoms. The van der Waals surface area contributed by atoms with Crippen molar-refractivity contribution in [1.29, 1.82) is 0 Å². The second-order valence-corrected chi connectivity index (χ2v) is 25.3. The number of nitrogens with two attached hydrogens (primary N) is 2. The van der Waals surface area contributed by atoms with Gasteiger partial charge in [-0.25, -0.2) is 0 Å². The molecule has 0 unspecified atom stereocenters. The van der Waals surface area contributed by atoms with E-state index in [0.717, 1.165) is 50.4 Å². The maximum atomic E-state index is 14.5. The minimum Gasteiger partial charge on any atom is -0.481 e. The van der Waals surface area contributed by atoms with Crippen LogP contribution in [0.5, 0.6) is 0 Å². The number of guanidine groups is 1. The number of hydrogen-bond acceptors (Lipinski definition) is 23. The summed E-state index contributed by atoms with van der Waals surface area (Å²) in [5.41, 5.74) is 11.5. The molecule has 0 aliphatic carbocycles. The Kier molecular flexibility index (Phi) is 41.3. The number of carboxylic acids is 1. The van der Waals surface area contributed by atoms with E-state index in [2.05, 4.69) is 63.5 Å². The van der Waals surface area contributed by atoms with E-state index in [9.17, 15) is 77.0 Å². The van der Waals surface area contributed by atoms with Crippen LogP contribution in [-0.2, 0) is 97.3 Å². The standard InChI is InChI=1S/C49H70N14O15S3.C11H21NO5/c1-2-78-20-18-53-43(72)33-24-79-27-38(66)56-30(11-6-7-16-52-36(64)15-19-63-39(67)13-14-40(63)68)44(73)61-34-25-80-81-26-35(48(77)59-31(45(74)60-33)21-28-9-4-3-5-10-28)62-46(75)32(22-41(69)70)57-37(65)23-55-42(71)29(58-47(34)76)12-8-17-54-49(50)51;1-3-15-6-7-16-5-4-12-11(14)9-17-8-10(2)13/h3-5,9-10,13-14,29-35H,2,6-8,11-12,15-27H2,1H3,(H,52,64)(H,53,72)(H,55,71)(H,56,66)(H,57,65)(H,58,76)(H,59,77)(H,60,74)(H,61,73)(H,62,75)(H,69,70)(H4,50,51,54);3-9H2,1-2H3,(H,12,14)/t29-,30-,31-,32-,33-,34-,35-;/m0./s1. The van der Waals surface area contributed by atoms with Gasteiger partial charge in [-0.2, -0.15) is 0 Å². The van der Waals surface area contributed by atoms with Crippen molar-refractivity contribution in [2.45, 2.75) is 114 Å². The largest absolute Gasteiger partial charge is 0.481 e. The summed E-state index contributed by atoms with van der Waals surface area (Å²) < 4.78 is 20.5. The zero-order chi connectivity index (χ0) is 72.2. The van der Waals surface area contributed by atoms with Gasteiger partial charge in [-0.1, -0.05) is 51.9 Å². The molecule has 3 aliphatic heterocycles. The van der Waals surface area contributed by atoms with E-state index in [1.165, 1.54) is 6.92 Å². The molecular formula is C60H91N15O20S3. The van der Waals surface area contributed by atoms with Crippen LogP contribution in [0.25, 0.3) is 0 Å². The van der Waals surface area contributed by atoms with Gasteiger partial charge in [-0.15, -0.1) is 11.8 Å². The molecule has 35 nitrogen and oxygen atoms in total. The first kappa shape index (κ1) is 83.8. The molecule has 2 saturated heterocycles. The number of benzene rings is 1. The number of hydrogen-bond donors (Lipinski definition) is 14. The monoisotopic (exact) mass is 1440 g/mol. The number of unbranched alkanes of at least 4 members (excludes halogenated alkanes) is 1. The third kappa shape index (κ3) is 35.7. The van der Waals surface area contributed by atoms with Gasteiger partial charge in [0.2, 0.25) is 65.0 Å². The van der Waals surface area contributed by atoms with Crippen LogP contribution in [0.2, 0.25) is 0 Å². The Morgan fingerprint density at radius 1 is 0.602 bits per heavy atom. The Hall–Kier alpha value is -8.43. The summed E-state index contributed by atoms with van der Waals surface area (Å²) in [5.74, 6) is -12.9. The zero-order valence-corrected chi connectivity index (χ0v) is 57.4. The molecular weight excluding hydrogens is 1350 g/mol. The van der Waals surface area contributed by atoms with Crippen LogP contribution in [0, 0.1) is 0 Å². The van der Waals surface area contributed by atoms with Crippen molar-refractivity contribution in [2.75, 3.05) is 115 Å². The van der Waals surface area contributed by atoms with Crippen LogP contribution >= 0.6 is 33.3 Å². The Morgan fingerprint density at radius 2 is 1.17 bits per heavy atom. The number of amides is 13. The number of ether oxygens (including phenoxy) is 4. The molecule has 4 rings (SSSR count). The summed E-state index contributed by atoms with van der Waals surface area (Å²) in [4.78, 5) is 201. The zero-order valence-electron chi connectivity index (χ0n) is 54.9. The van der Waals surface area contributed by atoms with E-state index in [-0.39, 0.29) is 132 Å². The minimum atomic E-state index is -1.80. The molecule has 7 atom stereocenters.